The van der Waals surface area contributed by atoms with Gasteiger partial charge in [0.2, 0.25) is 0 Å². The predicted molar refractivity (Wildman–Crippen MR) is 74.4 cm³/mol. The number of hydrogen-bond acceptors (Lipinski definition) is 4. The molecule has 0 spiro atoms. The number of fused-ring (bicyclic) bond motifs is 1. The molecule has 0 saturated heterocycles. The van der Waals surface area contributed by atoms with Gasteiger partial charge in [-0.25, -0.2) is 0 Å². The number of nitrogens with one attached hydrogen (secondary N) is 1. The normalized spacial score (nSPS) is 17.9. The number of hydrogen-bond donors (Lipinski definition) is 2. The van der Waals surface area contributed by atoms with Gasteiger partial charge in [-0.1, -0.05) is 12.1 Å². The molecule has 106 valence electrons. The largest absolute Gasteiger partial charge is 0.487 e. The van der Waals surface area contributed by atoms with Crippen LogP contribution in [0.15, 0.2) is 18.2 Å². The van der Waals surface area contributed by atoms with Gasteiger partial charge in [-0.15, -0.1) is 0 Å². The van der Waals surface area contributed by atoms with Gasteiger partial charge in [-0.05, 0) is 31.0 Å². The summed E-state index contributed by atoms with van der Waals surface area (Å²) < 4.78 is 10.7. The lowest BCUT2D eigenvalue weighted by molar-refractivity contribution is 0.0644. The summed E-state index contributed by atoms with van der Waals surface area (Å²) in [6, 6.07) is 6.28. The molecule has 1 aliphatic rings. The van der Waals surface area contributed by atoms with Crippen LogP contribution in [0.4, 0.5) is 0 Å². The molecule has 1 aromatic rings. The fourth-order valence-electron chi connectivity index (χ4n) is 2.41. The second-order valence-electron chi connectivity index (χ2n) is 5.72. The van der Waals surface area contributed by atoms with Crippen LogP contribution in [-0.2, 0) is 17.7 Å². The Bertz CT molecular complexity index is 431. The minimum absolute atomic E-state index is 0.0942. The summed E-state index contributed by atoms with van der Waals surface area (Å²) in [5.74, 6) is 0.994. The molecule has 0 bridgehead atoms. The van der Waals surface area contributed by atoms with Crippen LogP contribution in [0.3, 0.4) is 0 Å². The molecule has 1 unspecified atom stereocenters. The summed E-state index contributed by atoms with van der Waals surface area (Å²) in [6.07, 6.45) is 0.490. The van der Waals surface area contributed by atoms with E-state index in [0.717, 1.165) is 18.7 Å². The third-order valence-corrected chi connectivity index (χ3v) is 3.20. The number of ether oxygens (including phenoxy) is 2. The van der Waals surface area contributed by atoms with Gasteiger partial charge in [0.25, 0.3) is 0 Å². The quantitative estimate of drug-likeness (QED) is 0.818. The Kier molecular flexibility index (Phi) is 4.45. The standard InChI is InChI=1S/C15H23NO3/c1-15(2)7-12-6-11(4-5-14(12)19-15)8-16-9-13(17)10-18-3/h4-6,13,16-17H,7-10H2,1-3H3. The minimum Gasteiger partial charge on any atom is -0.487 e. The maximum absolute atomic E-state index is 9.54. The summed E-state index contributed by atoms with van der Waals surface area (Å²) in [6.45, 7) is 5.85. The van der Waals surface area contributed by atoms with E-state index in [0.29, 0.717) is 13.2 Å². The Hall–Kier alpha value is -1.10. The van der Waals surface area contributed by atoms with Crippen LogP contribution in [0.25, 0.3) is 0 Å². The first kappa shape index (κ1) is 14.3. The maximum atomic E-state index is 9.54. The van der Waals surface area contributed by atoms with Crippen molar-refractivity contribution < 1.29 is 14.6 Å². The van der Waals surface area contributed by atoms with Gasteiger partial charge in [-0.2, -0.15) is 0 Å². The summed E-state index contributed by atoms with van der Waals surface area (Å²) in [4.78, 5) is 0. The first-order valence-corrected chi connectivity index (χ1v) is 6.69. The highest BCUT2D eigenvalue weighted by Gasteiger charge is 2.29. The van der Waals surface area contributed by atoms with Crippen molar-refractivity contribution in [1.29, 1.82) is 0 Å². The lowest BCUT2D eigenvalue weighted by atomic mass is 10.0. The molecular formula is C15H23NO3. The van der Waals surface area contributed by atoms with Crippen molar-refractivity contribution in [2.75, 3.05) is 20.3 Å². The van der Waals surface area contributed by atoms with Gasteiger partial charge >= 0.3 is 0 Å². The molecule has 1 heterocycles. The van der Waals surface area contributed by atoms with Gasteiger partial charge in [0, 0.05) is 26.6 Å². The second-order valence-corrected chi connectivity index (χ2v) is 5.72. The number of rotatable bonds is 6. The van der Waals surface area contributed by atoms with E-state index in [9.17, 15) is 5.11 Å². The van der Waals surface area contributed by atoms with Gasteiger partial charge in [0.1, 0.15) is 11.4 Å². The molecule has 1 atom stereocenters. The first-order valence-electron chi connectivity index (χ1n) is 6.69. The number of aliphatic hydroxyl groups is 1. The van der Waals surface area contributed by atoms with Gasteiger partial charge < -0.3 is 19.9 Å². The Balaban J connectivity index is 1.87. The molecule has 4 nitrogen and oxygen atoms in total. The predicted octanol–water partition coefficient (Wildman–Crippen LogP) is 1.50. The highest BCUT2D eigenvalue weighted by Crippen LogP contribution is 2.35. The van der Waals surface area contributed by atoms with Crippen LogP contribution in [0.2, 0.25) is 0 Å². The minimum atomic E-state index is -0.457. The highest BCUT2D eigenvalue weighted by molar-refractivity contribution is 5.41. The summed E-state index contributed by atoms with van der Waals surface area (Å²) in [5, 5.41) is 12.8. The monoisotopic (exact) mass is 265 g/mol. The Morgan fingerprint density at radius 1 is 1.47 bits per heavy atom. The lowest BCUT2D eigenvalue weighted by Gasteiger charge is -2.16. The van der Waals surface area contributed by atoms with Crippen molar-refractivity contribution in [3.05, 3.63) is 29.3 Å². The third-order valence-electron chi connectivity index (χ3n) is 3.20. The number of methoxy groups -OCH3 is 1. The Morgan fingerprint density at radius 3 is 3.00 bits per heavy atom. The maximum Gasteiger partial charge on any atom is 0.123 e. The molecule has 19 heavy (non-hydrogen) atoms. The van der Waals surface area contributed by atoms with Crippen LogP contribution >= 0.6 is 0 Å². The van der Waals surface area contributed by atoms with Crippen LogP contribution in [0.5, 0.6) is 5.75 Å². The third kappa shape index (κ3) is 3.93. The average molecular weight is 265 g/mol. The van der Waals surface area contributed by atoms with E-state index in [4.69, 9.17) is 9.47 Å². The average Bonchev–Trinajstić information content (AvgIpc) is 2.62. The van der Waals surface area contributed by atoms with Crippen molar-refractivity contribution >= 4 is 0 Å². The number of benzene rings is 1. The van der Waals surface area contributed by atoms with E-state index in [2.05, 4.69) is 31.3 Å². The molecule has 1 aliphatic heterocycles. The topological polar surface area (TPSA) is 50.7 Å². The van der Waals surface area contributed by atoms with Crippen molar-refractivity contribution in [3.63, 3.8) is 0 Å². The van der Waals surface area contributed by atoms with Gasteiger partial charge in [-0.3, -0.25) is 0 Å². The molecular weight excluding hydrogens is 242 g/mol. The molecule has 2 N–H and O–H groups in total. The van der Waals surface area contributed by atoms with E-state index in [1.54, 1.807) is 7.11 Å². The first-order chi connectivity index (χ1) is 9.00. The van der Waals surface area contributed by atoms with Crippen LogP contribution < -0.4 is 10.1 Å². The summed E-state index contributed by atoms with van der Waals surface area (Å²) in [7, 11) is 1.59. The van der Waals surface area contributed by atoms with E-state index >= 15 is 0 Å². The molecule has 0 aliphatic carbocycles. The van der Waals surface area contributed by atoms with E-state index < -0.39 is 6.10 Å². The molecule has 1 aromatic carbocycles. The van der Waals surface area contributed by atoms with E-state index in [-0.39, 0.29) is 5.60 Å². The second kappa shape index (κ2) is 5.90. The van der Waals surface area contributed by atoms with E-state index in [1.165, 1.54) is 11.1 Å². The van der Waals surface area contributed by atoms with Crippen molar-refractivity contribution in [1.82, 2.24) is 5.32 Å². The van der Waals surface area contributed by atoms with Crippen LogP contribution in [0.1, 0.15) is 25.0 Å². The van der Waals surface area contributed by atoms with Crippen LogP contribution in [0, 0.1) is 0 Å². The van der Waals surface area contributed by atoms with E-state index in [1.807, 2.05) is 6.07 Å². The smallest absolute Gasteiger partial charge is 0.123 e. The fourth-order valence-corrected chi connectivity index (χ4v) is 2.41. The summed E-state index contributed by atoms with van der Waals surface area (Å²) in [5.41, 5.74) is 2.38. The summed E-state index contributed by atoms with van der Waals surface area (Å²) >= 11 is 0. The molecule has 0 amide bonds. The molecule has 4 heteroatoms. The van der Waals surface area contributed by atoms with Crippen LogP contribution in [-0.4, -0.2) is 37.1 Å². The lowest BCUT2D eigenvalue weighted by Crippen LogP contribution is -2.29. The molecule has 0 fully saturated rings. The van der Waals surface area contributed by atoms with Crippen molar-refractivity contribution in [3.8, 4) is 5.75 Å². The molecule has 2 rings (SSSR count). The molecule has 0 saturated carbocycles. The van der Waals surface area contributed by atoms with Gasteiger partial charge in [0.15, 0.2) is 0 Å². The highest BCUT2D eigenvalue weighted by atomic mass is 16.5. The zero-order valence-electron chi connectivity index (χ0n) is 11.9. The molecule has 0 aromatic heterocycles. The molecule has 0 radical (unpaired) electrons. The SMILES string of the molecule is COCC(O)CNCc1ccc2c(c1)CC(C)(C)O2. The van der Waals surface area contributed by atoms with Crippen molar-refractivity contribution in [2.45, 2.75) is 38.5 Å². The zero-order valence-corrected chi connectivity index (χ0v) is 11.9. The number of aliphatic hydroxyl groups excluding tert-OH is 1. The Morgan fingerprint density at radius 2 is 2.26 bits per heavy atom. The fraction of sp³-hybridized carbons (Fsp3) is 0.600. The van der Waals surface area contributed by atoms with Gasteiger partial charge in [0.05, 0.1) is 12.7 Å². The zero-order chi connectivity index (χ0) is 13.9. The van der Waals surface area contributed by atoms with Crippen molar-refractivity contribution in [2.24, 2.45) is 0 Å². The Labute approximate surface area is 114 Å².